The zero-order valence-corrected chi connectivity index (χ0v) is 14.3. The van der Waals surface area contributed by atoms with E-state index in [1.165, 1.54) is 13.2 Å². The number of aromatic hydroxyl groups is 1. The fourth-order valence-corrected chi connectivity index (χ4v) is 3.06. The summed E-state index contributed by atoms with van der Waals surface area (Å²) in [6, 6.07) is 10.2. The van der Waals surface area contributed by atoms with Crippen molar-refractivity contribution in [3.05, 3.63) is 73.9 Å². The van der Waals surface area contributed by atoms with Crippen molar-refractivity contribution >= 4 is 16.9 Å². The molecule has 3 rings (SSSR count). The summed E-state index contributed by atoms with van der Waals surface area (Å²) >= 11 is 0. The van der Waals surface area contributed by atoms with Crippen molar-refractivity contribution in [3.63, 3.8) is 0 Å². The van der Waals surface area contributed by atoms with Gasteiger partial charge in [-0.05, 0) is 30.5 Å². The maximum Gasteiger partial charge on any atom is 0.306 e. The first-order valence-corrected chi connectivity index (χ1v) is 8.02. The number of pyridine rings is 2. The number of para-hydroxylation sites is 1. The number of aryl methyl sites for hydroxylation is 1. The van der Waals surface area contributed by atoms with Crippen molar-refractivity contribution in [1.29, 1.82) is 0 Å². The van der Waals surface area contributed by atoms with Crippen LogP contribution in [0.25, 0.3) is 10.9 Å². The van der Waals surface area contributed by atoms with Crippen molar-refractivity contribution in [2.24, 2.45) is 0 Å². The van der Waals surface area contributed by atoms with E-state index in [1.807, 2.05) is 12.1 Å². The van der Waals surface area contributed by atoms with Crippen LogP contribution in [0, 0.1) is 6.92 Å². The number of benzene rings is 1. The van der Waals surface area contributed by atoms with Gasteiger partial charge in [0, 0.05) is 22.7 Å². The van der Waals surface area contributed by atoms with Crippen LogP contribution in [0.3, 0.4) is 0 Å². The smallest absolute Gasteiger partial charge is 0.306 e. The van der Waals surface area contributed by atoms with Crippen LogP contribution < -0.4 is 11.1 Å². The monoisotopic (exact) mass is 354 g/mol. The Bertz CT molecular complexity index is 1100. The molecule has 0 unspecified atom stereocenters. The molecule has 1 atom stereocenters. The lowest BCUT2D eigenvalue weighted by atomic mass is 9.88. The molecule has 134 valence electrons. The number of carbonyl (C=O) groups excluding carboxylic acids is 1. The largest absolute Gasteiger partial charge is 0.507 e. The third kappa shape index (κ3) is 3.23. The minimum absolute atomic E-state index is 0.0400. The number of ether oxygens (including phenoxy) is 1. The Morgan fingerprint density at radius 3 is 2.58 bits per heavy atom. The van der Waals surface area contributed by atoms with Crippen LogP contribution >= 0.6 is 0 Å². The van der Waals surface area contributed by atoms with Crippen LogP contribution in [0.4, 0.5) is 0 Å². The van der Waals surface area contributed by atoms with E-state index in [9.17, 15) is 19.5 Å². The number of esters is 1. The Kier molecular flexibility index (Phi) is 4.62. The lowest BCUT2D eigenvalue weighted by Gasteiger charge is -2.17. The van der Waals surface area contributed by atoms with Gasteiger partial charge in [-0.15, -0.1) is 0 Å². The third-order valence-corrected chi connectivity index (χ3v) is 4.29. The lowest BCUT2D eigenvalue weighted by Crippen LogP contribution is -2.25. The molecule has 0 amide bonds. The Balaban J connectivity index is 2.26. The molecular formula is C19H18N2O5. The summed E-state index contributed by atoms with van der Waals surface area (Å²) in [6.45, 7) is 1.63. The number of rotatable bonds is 4. The van der Waals surface area contributed by atoms with E-state index in [4.69, 9.17) is 4.74 Å². The number of carbonyl (C=O) groups is 1. The van der Waals surface area contributed by atoms with Gasteiger partial charge < -0.3 is 19.8 Å². The van der Waals surface area contributed by atoms with Gasteiger partial charge in [-0.25, -0.2) is 0 Å². The molecule has 0 radical (unpaired) electrons. The average Bonchev–Trinajstić information content (AvgIpc) is 2.59. The normalized spacial score (nSPS) is 12.1. The van der Waals surface area contributed by atoms with Gasteiger partial charge >= 0.3 is 5.97 Å². The Morgan fingerprint density at radius 1 is 1.15 bits per heavy atom. The second-order valence-corrected chi connectivity index (χ2v) is 6.05. The fourth-order valence-electron chi connectivity index (χ4n) is 3.06. The minimum Gasteiger partial charge on any atom is -0.507 e. The average molecular weight is 354 g/mol. The summed E-state index contributed by atoms with van der Waals surface area (Å²) in [5, 5.41) is 11.1. The van der Waals surface area contributed by atoms with E-state index in [1.54, 1.807) is 25.1 Å². The number of fused-ring (bicyclic) bond motifs is 1. The van der Waals surface area contributed by atoms with Crippen molar-refractivity contribution in [2.45, 2.75) is 19.3 Å². The number of nitrogens with one attached hydrogen (secondary N) is 2. The predicted molar refractivity (Wildman–Crippen MR) is 96.5 cm³/mol. The molecule has 0 saturated heterocycles. The molecule has 0 aliphatic rings. The highest BCUT2D eigenvalue weighted by Gasteiger charge is 2.27. The van der Waals surface area contributed by atoms with Crippen LogP contribution in [-0.2, 0) is 9.53 Å². The van der Waals surface area contributed by atoms with Crippen molar-refractivity contribution in [1.82, 2.24) is 9.97 Å². The zero-order valence-electron chi connectivity index (χ0n) is 14.3. The van der Waals surface area contributed by atoms with Gasteiger partial charge in [0.15, 0.2) is 0 Å². The second kappa shape index (κ2) is 6.87. The molecule has 0 aliphatic heterocycles. The van der Waals surface area contributed by atoms with E-state index < -0.39 is 23.0 Å². The first-order valence-electron chi connectivity index (χ1n) is 8.02. The second-order valence-electron chi connectivity index (χ2n) is 6.05. The molecule has 1 aromatic carbocycles. The highest BCUT2D eigenvalue weighted by Crippen LogP contribution is 2.31. The molecule has 0 aliphatic carbocycles. The van der Waals surface area contributed by atoms with Crippen molar-refractivity contribution in [3.8, 4) is 5.75 Å². The van der Waals surface area contributed by atoms with E-state index in [0.29, 0.717) is 11.2 Å². The van der Waals surface area contributed by atoms with Crippen molar-refractivity contribution < 1.29 is 14.6 Å². The molecular weight excluding hydrogens is 336 g/mol. The maximum atomic E-state index is 12.6. The van der Waals surface area contributed by atoms with Crippen LogP contribution in [0.1, 0.15) is 29.2 Å². The molecule has 0 fully saturated rings. The van der Waals surface area contributed by atoms with E-state index in [0.717, 1.165) is 5.39 Å². The molecule has 0 bridgehead atoms. The van der Waals surface area contributed by atoms with E-state index in [-0.39, 0.29) is 23.3 Å². The maximum absolute atomic E-state index is 12.6. The number of methoxy groups -OCH3 is 1. The zero-order chi connectivity index (χ0) is 18.8. The number of hydrogen-bond donors (Lipinski definition) is 3. The summed E-state index contributed by atoms with van der Waals surface area (Å²) in [5.74, 6) is -1.81. The Labute approximate surface area is 148 Å². The summed E-state index contributed by atoms with van der Waals surface area (Å²) < 4.78 is 4.71. The summed E-state index contributed by atoms with van der Waals surface area (Å²) in [5.41, 5.74) is 0.294. The van der Waals surface area contributed by atoms with Gasteiger partial charge in [-0.3, -0.25) is 14.4 Å². The Hall–Kier alpha value is -3.35. The van der Waals surface area contributed by atoms with Gasteiger partial charge in [-0.1, -0.05) is 18.2 Å². The molecule has 2 heterocycles. The van der Waals surface area contributed by atoms with Gasteiger partial charge in [0.25, 0.3) is 11.1 Å². The highest BCUT2D eigenvalue weighted by atomic mass is 16.5. The third-order valence-electron chi connectivity index (χ3n) is 4.29. The van der Waals surface area contributed by atoms with E-state index in [2.05, 4.69) is 9.97 Å². The molecule has 7 heteroatoms. The summed E-state index contributed by atoms with van der Waals surface area (Å²) in [4.78, 5) is 42.3. The standard InChI is InChI=1S/C19H18N2O5/c1-10-7-15(22)17(19(25)20-10)12(9-16(23)26-2)13-8-11-5-3-4-6-14(11)21-18(13)24/h3-8,12H,9H2,1-2H3,(H,21,24)(H2,20,22,25)/t12-/m0/s1. The van der Waals surface area contributed by atoms with Crippen LogP contribution in [0.5, 0.6) is 5.75 Å². The first kappa shape index (κ1) is 17.5. The Morgan fingerprint density at radius 2 is 1.88 bits per heavy atom. The SMILES string of the molecule is COC(=O)C[C@@H](c1cc2ccccc2[nH]c1=O)c1c(O)cc(C)[nH]c1=O. The van der Waals surface area contributed by atoms with Crippen LogP contribution in [0.15, 0.2) is 46.0 Å². The number of hydrogen-bond acceptors (Lipinski definition) is 5. The molecule has 7 nitrogen and oxygen atoms in total. The summed E-state index contributed by atoms with van der Waals surface area (Å²) in [6.07, 6.45) is -0.252. The molecule has 2 aromatic heterocycles. The van der Waals surface area contributed by atoms with Gasteiger partial charge in [0.2, 0.25) is 0 Å². The predicted octanol–water partition coefficient (Wildman–Crippen LogP) is 1.93. The van der Waals surface area contributed by atoms with Gasteiger partial charge in [0.05, 0.1) is 19.1 Å². The van der Waals surface area contributed by atoms with E-state index >= 15 is 0 Å². The lowest BCUT2D eigenvalue weighted by molar-refractivity contribution is -0.140. The highest BCUT2D eigenvalue weighted by molar-refractivity contribution is 5.79. The number of aromatic nitrogens is 2. The quantitative estimate of drug-likeness (QED) is 0.620. The van der Waals surface area contributed by atoms with Gasteiger partial charge in [-0.2, -0.15) is 0 Å². The first-order chi connectivity index (χ1) is 12.4. The molecule has 0 saturated carbocycles. The molecule has 3 N–H and O–H groups in total. The topological polar surface area (TPSA) is 112 Å². The molecule has 3 aromatic rings. The summed E-state index contributed by atoms with van der Waals surface area (Å²) in [7, 11) is 1.23. The molecule has 26 heavy (non-hydrogen) atoms. The molecule has 0 spiro atoms. The van der Waals surface area contributed by atoms with Gasteiger partial charge in [0.1, 0.15) is 5.75 Å². The number of H-pyrrole nitrogens is 2. The van der Waals surface area contributed by atoms with Crippen molar-refractivity contribution in [2.75, 3.05) is 7.11 Å². The van der Waals surface area contributed by atoms with Crippen LogP contribution in [0.2, 0.25) is 0 Å². The minimum atomic E-state index is -0.944. The number of aromatic amines is 2. The van der Waals surface area contributed by atoms with Crippen LogP contribution in [-0.4, -0.2) is 28.2 Å². The fraction of sp³-hybridized carbons (Fsp3) is 0.211.